The second kappa shape index (κ2) is 5.75. The monoisotopic (exact) mass is 378 g/mol. The molecule has 3 aromatic rings. The Morgan fingerprint density at radius 2 is 1.80 bits per heavy atom. The molecule has 0 fully saturated rings. The van der Waals surface area contributed by atoms with Gasteiger partial charge in [-0.05, 0) is 40.3 Å². The molecular weight excluding hydrogens is 366 g/mol. The Bertz CT molecular complexity index is 737. The summed E-state index contributed by atoms with van der Waals surface area (Å²) in [6.07, 6.45) is 3.77. The number of nitrogens with zero attached hydrogens (tertiary/aromatic N) is 2. The van der Waals surface area contributed by atoms with Gasteiger partial charge in [-0.15, -0.1) is 0 Å². The first-order chi connectivity index (χ1) is 9.74. The van der Waals surface area contributed by atoms with Gasteiger partial charge in [0.15, 0.2) is 0 Å². The second-order valence-electron chi connectivity index (χ2n) is 4.50. The van der Waals surface area contributed by atoms with E-state index in [-0.39, 0.29) is 5.82 Å². The highest BCUT2D eigenvalue weighted by molar-refractivity contribution is 14.1. The minimum absolute atomic E-state index is 0.196. The quantitative estimate of drug-likeness (QED) is 0.620. The number of benzene rings is 2. The zero-order valence-electron chi connectivity index (χ0n) is 10.6. The van der Waals surface area contributed by atoms with Gasteiger partial charge in [-0.3, -0.25) is 4.68 Å². The van der Waals surface area contributed by atoms with E-state index in [2.05, 4.69) is 39.8 Å². The van der Waals surface area contributed by atoms with Crippen molar-refractivity contribution in [2.45, 2.75) is 6.54 Å². The molecule has 0 amide bonds. The average Bonchev–Trinajstić information content (AvgIpc) is 2.90. The lowest BCUT2D eigenvalue weighted by Gasteiger charge is -2.03. The molecule has 0 aliphatic carbocycles. The average molecular weight is 378 g/mol. The van der Waals surface area contributed by atoms with Crippen LogP contribution in [0.4, 0.5) is 4.39 Å². The molecule has 2 nitrogen and oxygen atoms in total. The zero-order valence-corrected chi connectivity index (χ0v) is 12.8. The van der Waals surface area contributed by atoms with Crippen LogP contribution in [0, 0.1) is 9.39 Å². The van der Waals surface area contributed by atoms with E-state index >= 15 is 0 Å². The molecule has 0 spiro atoms. The predicted molar refractivity (Wildman–Crippen MR) is 85.9 cm³/mol. The van der Waals surface area contributed by atoms with Gasteiger partial charge in [0.2, 0.25) is 0 Å². The third kappa shape index (κ3) is 2.75. The highest BCUT2D eigenvalue weighted by Gasteiger charge is 2.07. The maximum Gasteiger partial charge on any atom is 0.128 e. The van der Waals surface area contributed by atoms with E-state index in [0.29, 0.717) is 12.1 Å². The highest BCUT2D eigenvalue weighted by atomic mass is 127. The minimum atomic E-state index is -0.196. The van der Waals surface area contributed by atoms with Crippen LogP contribution in [0.1, 0.15) is 5.56 Å². The first-order valence-corrected chi connectivity index (χ1v) is 7.32. The van der Waals surface area contributed by atoms with Crippen LogP contribution in [0.2, 0.25) is 0 Å². The molecule has 2 aromatic carbocycles. The fourth-order valence-corrected chi connectivity index (χ4v) is 2.78. The molecule has 0 saturated heterocycles. The lowest BCUT2D eigenvalue weighted by Crippen LogP contribution is -2.01. The Balaban J connectivity index is 1.88. The molecule has 0 saturated carbocycles. The maximum absolute atomic E-state index is 13.6. The topological polar surface area (TPSA) is 17.8 Å². The first-order valence-electron chi connectivity index (χ1n) is 6.25. The number of aromatic nitrogens is 2. The summed E-state index contributed by atoms with van der Waals surface area (Å²) in [5.74, 6) is -0.196. The van der Waals surface area contributed by atoms with Crippen molar-refractivity contribution in [3.05, 3.63) is 75.9 Å². The smallest absolute Gasteiger partial charge is 0.128 e. The van der Waals surface area contributed by atoms with Crippen LogP contribution < -0.4 is 0 Å². The standard InChI is InChI=1S/C16H12FIN2/c17-15-7-3-1-5-12(15)10-20-11-13(9-19-20)14-6-2-4-8-16(14)18/h1-9,11H,10H2. The van der Waals surface area contributed by atoms with Crippen LogP contribution in [0.25, 0.3) is 11.1 Å². The minimum Gasteiger partial charge on any atom is -0.268 e. The molecule has 0 bridgehead atoms. The number of hydrogen-bond donors (Lipinski definition) is 0. The molecule has 0 N–H and O–H groups in total. The fourth-order valence-electron chi connectivity index (χ4n) is 2.09. The van der Waals surface area contributed by atoms with Gasteiger partial charge in [-0.2, -0.15) is 5.10 Å². The summed E-state index contributed by atoms with van der Waals surface area (Å²) in [6.45, 7) is 0.441. The summed E-state index contributed by atoms with van der Waals surface area (Å²) in [5, 5.41) is 4.32. The van der Waals surface area contributed by atoms with Gasteiger partial charge in [-0.25, -0.2) is 4.39 Å². The van der Waals surface area contributed by atoms with Crippen molar-refractivity contribution >= 4 is 22.6 Å². The molecule has 1 heterocycles. The fraction of sp³-hybridized carbons (Fsp3) is 0.0625. The number of halogens is 2. The summed E-state index contributed by atoms with van der Waals surface area (Å²) in [5.41, 5.74) is 2.84. The lowest BCUT2D eigenvalue weighted by atomic mass is 10.1. The van der Waals surface area contributed by atoms with Crippen molar-refractivity contribution in [1.29, 1.82) is 0 Å². The van der Waals surface area contributed by atoms with Crippen LogP contribution in [0.5, 0.6) is 0 Å². The number of rotatable bonds is 3. The van der Waals surface area contributed by atoms with Crippen LogP contribution in [-0.2, 0) is 6.54 Å². The first kappa shape index (κ1) is 13.3. The van der Waals surface area contributed by atoms with Gasteiger partial charge >= 0.3 is 0 Å². The molecule has 1 aromatic heterocycles. The van der Waals surface area contributed by atoms with E-state index in [1.807, 2.05) is 30.6 Å². The van der Waals surface area contributed by atoms with Gasteiger partial charge in [0.05, 0.1) is 12.7 Å². The van der Waals surface area contributed by atoms with E-state index < -0.39 is 0 Å². The Morgan fingerprint density at radius 1 is 1.05 bits per heavy atom. The summed E-state index contributed by atoms with van der Waals surface area (Å²) in [7, 11) is 0. The number of hydrogen-bond acceptors (Lipinski definition) is 1. The summed E-state index contributed by atoms with van der Waals surface area (Å²) < 4.78 is 16.6. The van der Waals surface area contributed by atoms with Crippen molar-refractivity contribution in [2.24, 2.45) is 0 Å². The normalized spacial score (nSPS) is 10.7. The summed E-state index contributed by atoms with van der Waals surface area (Å²) in [6, 6.07) is 14.9. The van der Waals surface area contributed by atoms with E-state index in [0.717, 1.165) is 11.1 Å². The summed E-state index contributed by atoms with van der Waals surface area (Å²) in [4.78, 5) is 0. The molecule has 0 atom stereocenters. The van der Waals surface area contributed by atoms with E-state index in [9.17, 15) is 4.39 Å². The van der Waals surface area contributed by atoms with E-state index in [4.69, 9.17) is 0 Å². The molecule has 0 unspecified atom stereocenters. The van der Waals surface area contributed by atoms with Crippen LogP contribution in [-0.4, -0.2) is 9.78 Å². The van der Waals surface area contributed by atoms with E-state index in [1.54, 1.807) is 16.8 Å². The third-order valence-corrected chi connectivity index (χ3v) is 4.05. The Kier molecular flexibility index (Phi) is 3.82. The van der Waals surface area contributed by atoms with Gasteiger partial charge in [0.25, 0.3) is 0 Å². The largest absolute Gasteiger partial charge is 0.268 e. The lowest BCUT2D eigenvalue weighted by molar-refractivity contribution is 0.585. The van der Waals surface area contributed by atoms with Crippen molar-refractivity contribution in [3.63, 3.8) is 0 Å². The second-order valence-corrected chi connectivity index (χ2v) is 5.66. The highest BCUT2D eigenvalue weighted by Crippen LogP contribution is 2.24. The van der Waals surface area contributed by atoms with Crippen LogP contribution >= 0.6 is 22.6 Å². The Morgan fingerprint density at radius 3 is 2.60 bits per heavy atom. The van der Waals surface area contributed by atoms with E-state index in [1.165, 1.54) is 9.64 Å². The van der Waals surface area contributed by atoms with Crippen molar-refractivity contribution in [1.82, 2.24) is 9.78 Å². The summed E-state index contributed by atoms with van der Waals surface area (Å²) >= 11 is 2.31. The molecule has 0 aliphatic rings. The maximum atomic E-state index is 13.6. The third-order valence-electron chi connectivity index (χ3n) is 3.11. The Labute approximate surface area is 130 Å². The van der Waals surface area contributed by atoms with Crippen LogP contribution in [0.15, 0.2) is 60.9 Å². The van der Waals surface area contributed by atoms with Crippen molar-refractivity contribution in [3.8, 4) is 11.1 Å². The van der Waals surface area contributed by atoms with Crippen molar-refractivity contribution < 1.29 is 4.39 Å². The molecular formula is C16H12FIN2. The zero-order chi connectivity index (χ0) is 13.9. The van der Waals surface area contributed by atoms with Crippen LogP contribution in [0.3, 0.4) is 0 Å². The van der Waals surface area contributed by atoms with Gasteiger partial charge < -0.3 is 0 Å². The molecule has 20 heavy (non-hydrogen) atoms. The van der Waals surface area contributed by atoms with Crippen molar-refractivity contribution in [2.75, 3.05) is 0 Å². The molecule has 100 valence electrons. The van der Waals surface area contributed by atoms with Gasteiger partial charge in [-0.1, -0.05) is 36.4 Å². The molecule has 0 radical (unpaired) electrons. The predicted octanol–water partition coefficient (Wildman–Crippen LogP) is 4.34. The van der Waals surface area contributed by atoms with Gasteiger partial charge in [0.1, 0.15) is 5.82 Å². The molecule has 3 rings (SSSR count). The Hall–Kier alpha value is -1.69. The molecule has 0 aliphatic heterocycles. The SMILES string of the molecule is Fc1ccccc1Cn1cc(-c2ccccc2I)cn1. The van der Waals surface area contributed by atoms with Gasteiger partial charge in [0, 0.05) is 20.9 Å². The molecule has 4 heteroatoms.